The van der Waals surface area contributed by atoms with Crippen molar-refractivity contribution in [1.82, 2.24) is 4.90 Å². The molecule has 0 amide bonds. The highest BCUT2D eigenvalue weighted by Gasteiger charge is 2.69. The van der Waals surface area contributed by atoms with E-state index in [-0.39, 0.29) is 12.0 Å². The van der Waals surface area contributed by atoms with E-state index >= 15 is 0 Å². The zero-order chi connectivity index (χ0) is 19.2. The third-order valence-electron chi connectivity index (χ3n) is 5.73. The quantitative estimate of drug-likeness (QED) is 0.716. The highest BCUT2D eigenvalue weighted by molar-refractivity contribution is 8.02. The van der Waals surface area contributed by atoms with E-state index in [0.717, 1.165) is 35.5 Å². The van der Waals surface area contributed by atoms with Gasteiger partial charge in [-0.15, -0.1) is 11.8 Å². The van der Waals surface area contributed by atoms with E-state index in [1.807, 2.05) is 24.3 Å². The number of carbonyl (C=O) groups excluding carboxylic acids is 2. The Balaban J connectivity index is 1.89. The lowest BCUT2D eigenvalue weighted by molar-refractivity contribution is -0.147. The van der Waals surface area contributed by atoms with Gasteiger partial charge in [0.2, 0.25) is 0 Å². The van der Waals surface area contributed by atoms with Crippen LogP contribution in [0.15, 0.2) is 40.4 Å². The van der Waals surface area contributed by atoms with Crippen molar-refractivity contribution >= 4 is 23.7 Å². The van der Waals surface area contributed by atoms with Gasteiger partial charge in [-0.05, 0) is 24.5 Å². The minimum Gasteiger partial charge on any atom is -0.468 e. The van der Waals surface area contributed by atoms with E-state index in [0.29, 0.717) is 12.2 Å². The van der Waals surface area contributed by atoms with Crippen LogP contribution in [0.4, 0.5) is 0 Å². The Morgan fingerprint density at radius 2 is 2.00 bits per heavy atom. The molecule has 3 aliphatic rings. The first-order valence-electron chi connectivity index (χ1n) is 9.05. The van der Waals surface area contributed by atoms with Gasteiger partial charge in [-0.2, -0.15) is 0 Å². The van der Waals surface area contributed by atoms with Gasteiger partial charge in [0.1, 0.15) is 0 Å². The van der Waals surface area contributed by atoms with Crippen LogP contribution in [0.5, 0.6) is 0 Å². The van der Waals surface area contributed by atoms with Crippen molar-refractivity contribution in [2.45, 2.75) is 34.4 Å². The van der Waals surface area contributed by atoms with Gasteiger partial charge in [-0.1, -0.05) is 18.2 Å². The Kier molecular flexibility index (Phi) is 4.68. The topological polar surface area (TPSA) is 65.1 Å². The van der Waals surface area contributed by atoms with Crippen molar-refractivity contribution in [1.29, 1.82) is 0 Å². The maximum Gasteiger partial charge on any atom is 0.337 e. The molecule has 3 atom stereocenters. The predicted molar refractivity (Wildman–Crippen MR) is 100 cm³/mol. The smallest absolute Gasteiger partial charge is 0.337 e. The highest BCUT2D eigenvalue weighted by atomic mass is 32.2. The standard InChI is InChI=1S/C20H23NO5S/c1-24-11-12-7-6-10-21(12)17-15-13-8-4-5-9-14(13)27-20(15,19(23)26-3)16(17)18(22)25-2/h4-5,8-9,12,15H,6-7,10-11H2,1-3H3/t12-,15-,20-/m0/s1. The summed E-state index contributed by atoms with van der Waals surface area (Å²) in [6.45, 7) is 1.43. The molecule has 1 aromatic rings. The van der Waals surface area contributed by atoms with Crippen molar-refractivity contribution in [3.8, 4) is 0 Å². The lowest BCUT2D eigenvalue weighted by atomic mass is 9.66. The maximum atomic E-state index is 12.9. The molecule has 0 spiro atoms. The molecule has 0 aromatic heterocycles. The van der Waals surface area contributed by atoms with E-state index in [9.17, 15) is 9.59 Å². The van der Waals surface area contributed by atoms with Crippen molar-refractivity contribution in [3.05, 3.63) is 41.1 Å². The third-order valence-corrected chi connectivity index (χ3v) is 7.25. The number of fused-ring (bicyclic) bond motifs is 3. The molecule has 4 rings (SSSR count). The number of nitrogens with zero attached hydrogens (tertiary/aromatic N) is 1. The zero-order valence-corrected chi connectivity index (χ0v) is 16.5. The lowest BCUT2D eigenvalue weighted by Crippen LogP contribution is -2.57. The van der Waals surface area contributed by atoms with Gasteiger partial charge in [0, 0.05) is 24.2 Å². The van der Waals surface area contributed by atoms with Crippen LogP contribution in [0.3, 0.4) is 0 Å². The number of likely N-dealkylation sites (tertiary alicyclic amines) is 1. The molecule has 1 aliphatic carbocycles. The molecule has 0 radical (unpaired) electrons. The van der Waals surface area contributed by atoms with Crippen molar-refractivity contribution < 1.29 is 23.8 Å². The molecule has 0 N–H and O–H groups in total. The molecule has 2 aliphatic heterocycles. The number of allylic oxidation sites excluding steroid dienone is 1. The first-order valence-corrected chi connectivity index (χ1v) is 9.86. The Morgan fingerprint density at radius 3 is 2.70 bits per heavy atom. The minimum atomic E-state index is -1.07. The summed E-state index contributed by atoms with van der Waals surface area (Å²) in [7, 11) is 4.41. The van der Waals surface area contributed by atoms with Crippen LogP contribution in [0.2, 0.25) is 0 Å². The third kappa shape index (κ3) is 2.44. The van der Waals surface area contributed by atoms with Crippen LogP contribution < -0.4 is 0 Å². The van der Waals surface area contributed by atoms with Crippen molar-refractivity contribution in [2.24, 2.45) is 0 Å². The Labute approximate surface area is 162 Å². The minimum absolute atomic E-state index is 0.193. The van der Waals surface area contributed by atoms with Gasteiger partial charge in [0.15, 0.2) is 4.75 Å². The first-order chi connectivity index (χ1) is 13.1. The fourth-order valence-corrected chi connectivity index (χ4v) is 6.27. The van der Waals surface area contributed by atoms with Gasteiger partial charge in [0.05, 0.1) is 38.4 Å². The second-order valence-electron chi connectivity index (χ2n) is 7.00. The summed E-state index contributed by atoms with van der Waals surface area (Å²) in [6.07, 6.45) is 2.03. The van der Waals surface area contributed by atoms with E-state index in [2.05, 4.69) is 4.90 Å². The van der Waals surface area contributed by atoms with Gasteiger partial charge in [-0.25, -0.2) is 4.79 Å². The number of hydrogen-bond donors (Lipinski definition) is 0. The van der Waals surface area contributed by atoms with Crippen LogP contribution in [0.1, 0.15) is 24.3 Å². The fourth-order valence-electron chi connectivity index (χ4n) is 4.65. The van der Waals surface area contributed by atoms with Gasteiger partial charge < -0.3 is 19.1 Å². The van der Waals surface area contributed by atoms with Gasteiger partial charge in [-0.3, -0.25) is 4.79 Å². The largest absolute Gasteiger partial charge is 0.468 e. The number of ether oxygens (including phenoxy) is 3. The van der Waals surface area contributed by atoms with Crippen LogP contribution in [0, 0.1) is 0 Å². The highest BCUT2D eigenvalue weighted by Crippen LogP contribution is 2.68. The Morgan fingerprint density at radius 1 is 1.22 bits per heavy atom. The number of esters is 2. The molecule has 0 unspecified atom stereocenters. The monoisotopic (exact) mass is 389 g/mol. The number of benzene rings is 1. The average Bonchev–Trinajstić information content (AvgIpc) is 3.23. The number of hydrogen-bond acceptors (Lipinski definition) is 7. The molecule has 1 fully saturated rings. The molecule has 0 saturated carbocycles. The first kappa shape index (κ1) is 18.4. The normalized spacial score (nSPS) is 28.5. The predicted octanol–water partition coefficient (Wildman–Crippen LogP) is 2.34. The summed E-state index contributed by atoms with van der Waals surface area (Å²) in [5.74, 6) is -1.08. The maximum absolute atomic E-state index is 12.9. The van der Waals surface area contributed by atoms with E-state index in [1.165, 1.54) is 26.0 Å². The SMILES string of the molecule is COC[C@@H]1CCCN1C1=C(C(=O)OC)[C@@]2(C(=O)OC)Sc3ccccc3[C@@H]12. The summed E-state index contributed by atoms with van der Waals surface area (Å²) >= 11 is 1.40. The van der Waals surface area contributed by atoms with Crippen LogP contribution in [-0.2, 0) is 23.8 Å². The lowest BCUT2D eigenvalue weighted by Gasteiger charge is -2.49. The summed E-state index contributed by atoms with van der Waals surface area (Å²) in [4.78, 5) is 29.0. The molecular weight excluding hydrogens is 366 g/mol. The molecule has 7 heteroatoms. The van der Waals surface area contributed by atoms with Crippen LogP contribution >= 0.6 is 11.8 Å². The Bertz CT molecular complexity index is 822. The summed E-state index contributed by atoms with van der Waals surface area (Å²) in [6, 6.07) is 8.14. The average molecular weight is 389 g/mol. The molecule has 2 heterocycles. The molecule has 0 bridgehead atoms. The molecule has 1 aromatic carbocycles. The van der Waals surface area contributed by atoms with E-state index in [1.54, 1.807) is 7.11 Å². The molecule has 6 nitrogen and oxygen atoms in total. The second kappa shape index (κ2) is 6.87. The van der Waals surface area contributed by atoms with Crippen molar-refractivity contribution in [2.75, 3.05) is 34.5 Å². The van der Waals surface area contributed by atoms with Gasteiger partial charge >= 0.3 is 11.9 Å². The molecular formula is C20H23NO5S. The molecule has 1 saturated heterocycles. The summed E-state index contributed by atoms with van der Waals surface area (Å²) in [5, 5.41) is 0. The van der Waals surface area contributed by atoms with E-state index < -0.39 is 16.7 Å². The molecule has 144 valence electrons. The second-order valence-corrected chi connectivity index (χ2v) is 8.28. The summed E-state index contributed by atoms with van der Waals surface area (Å²) < 4.78 is 14.6. The fraction of sp³-hybridized carbons (Fsp3) is 0.500. The van der Waals surface area contributed by atoms with Gasteiger partial charge in [0.25, 0.3) is 0 Å². The summed E-state index contributed by atoms with van der Waals surface area (Å²) in [5.41, 5.74) is 2.38. The van der Waals surface area contributed by atoms with Crippen molar-refractivity contribution in [3.63, 3.8) is 0 Å². The van der Waals surface area contributed by atoms with Crippen LogP contribution in [0.25, 0.3) is 0 Å². The molecule has 27 heavy (non-hydrogen) atoms. The zero-order valence-electron chi connectivity index (χ0n) is 15.7. The number of thioether (sulfide) groups is 1. The van der Waals surface area contributed by atoms with Crippen LogP contribution in [-0.4, -0.2) is 62.1 Å². The Hall–Kier alpha value is -1.99. The number of rotatable bonds is 5. The van der Waals surface area contributed by atoms with E-state index in [4.69, 9.17) is 14.2 Å². The number of methoxy groups -OCH3 is 3. The number of carbonyl (C=O) groups is 2.